The highest BCUT2D eigenvalue weighted by Crippen LogP contribution is 2.39. The van der Waals surface area contributed by atoms with Gasteiger partial charge in [-0.3, -0.25) is 9.89 Å². The molecular weight excluding hydrogens is 440 g/mol. The monoisotopic (exact) mass is 468 g/mol. The van der Waals surface area contributed by atoms with Crippen molar-refractivity contribution in [3.63, 3.8) is 0 Å². The fourth-order valence-corrected chi connectivity index (χ4v) is 3.75. The molecular formula is C24H28N4O6. The first-order valence-electron chi connectivity index (χ1n) is 11.3. The fraction of sp³-hybridized carbons (Fsp3) is 0.375. The number of aromatic amines is 1. The van der Waals surface area contributed by atoms with Crippen LogP contribution in [0.3, 0.4) is 0 Å². The number of hydrogen-bond acceptors (Lipinski definition) is 8. The third kappa shape index (κ3) is 5.23. The molecule has 1 aliphatic rings. The van der Waals surface area contributed by atoms with Crippen molar-refractivity contribution >= 4 is 34.2 Å². The largest absolute Gasteiger partial charge is 0.492 e. The molecule has 1 aliphatic heterocycles. The van der Waals surface area contributed by atoms with Crippen molar-refractivity contribution in [2.24, 2.45) is 0 Å². The number of carbonyl (C=O) groups is 2. The first kappa shape index (κ1) is 23.4. The van der Waals surface area contributed by atoms with Gasteiger partial charge in [-0.05, 0) is 19.9 Å². The zero-order valence-corrected chi connectivity index (χ0v) is 19.3. The minimum atomic E-state index is -0.685. The van der Waals surface area contributed by atoms with E-state index in [4.69, 9.17) is 18.9 Å². The number of aromatic nitrogens is 2. The highest BCUT2D eigenvalue weighted by molar-refractivity contribution is 6.03. The molecule has 0 bridgehead atoms. The number of amides is 1. The molecule has 1 saturated heterocycles. The number of benzene rings is 2. The quantitative estimate of drug-likeness (QED) is 0.461. The minimum absolute atomic E-state index is 0.131. The van der Waals surface area contributed by atoms with E-state index in [2.05, 4.69) is 20.4 Å². The third-order valence-electron chi connectivity index (χ3n) is 5.28. The van der Waals surface area contributed by atoms with Crippen LogP contribution in [-0.4, -0.2) is 68.2 Å². The number of esters is 1. The van der Waals surface area contributed by atoms with Crippen LogP contribution in [0, 0.1) is 0 Å². The lowest BCUT2D eigenvalue weighted by Gasteiger charge is -2.31. The summed E-state index contributed by atoms with van der Waals surface area (Å²) in [5, 5.41) is 10.2. The Hall–Kier alpha value is -3.79. The lowest BCUT2D eigenvalue weighted by atomic mass is 10.2. The summed E-state index contributed by atoms with van der Waals surface area (Å²) in [6, 6.07) is 10.8. The number of para-hydroxylation sites is 1. The summed E-state index contributed by atoms with van der Waals surface area (Å²) in [5.41, 5.74) is 2.16. The highest BCUT2D eigenvalue weighted by Gasteiger charge is 2.21. The first-order valence-corrected chi connectivity index (χ1v) is 11.3. The van der Waals surface area contributed by atoms with Crippen LogP contribution in [0.4, 0.5) is 11.4 Å². The molecule has 0 atom stereocenters. The van der Waals surface area contributed by atoms with Gasteiger partial charge >= 0.3 is 5.97 Å². The minimum Gasteiger partial charge on any atom is -0.492 e. The van der Waals surface area contributed by atoms with E-state index in [0.717, 1.165) is 18.8 Å². The molecule has 2 heterocycles. The second-order valence-corrected chi connectivity index (χ2v) is 7.52. The van der Waals surface area contributed by atoms with E-state index in [-0.39, 0.29) is 5.69 Å². The molecule has 10 nitrogen and oxygen atoms in total. The van der Waals surface area contributed by atoms with Crippen LogP contribution >= 0.6 is 0 Å². The summed E-state index contributed by atoms with van der Waals surface area (Å²) in [5.74, 6) is -0.0559. The zero-order chi connectivity index (χ0) is 23.9. The van der Waals surface area contributed by atoms with Crippen LogP contribution in [-0.2, 0) is 14.3 Å². The highest BCUT2D eigenvalue weighted by atomic mass is 16.5. The van der Waals surface area contributed by atoms with Gasteiger partial charge in [0.1, 0.15) is 11.5 Å². The van der Waals surface area contributed by atoms with Crippen LogP contribution in [0.1, 0.15) is 24.3 Å². The summed E-state index contributed by atoms with van der Waals surface area (Å²) >= 11 is 0. The average Bonchev–Trinajstić information content (AvgIpc) is 3.29. The lowest BCUT2D eigenvalue weighted by Crippen LogP contribution is -2.36. The van der Waals surface area contributed by atoms with Crippen molar-refractivity contribution < 1.29 is 28.5 Å². The van der Waals surface area contributed by atoms with Gasteiger partial charge in [-0.15, -0.1) is 0 Å². The van der Waals surface area contributed by atoms with Crippen molar-refractivity contribution in [2.75, 3.05) is 56.3 Å². The zero-order valence-electron chi connectivity index (χ0n) is 19.3. The van der Waals surface area contributed by atoms with Gasteiger partial charge < -0.3 is 29.2 Å². The van der Waals surface area contributed by atoms with Crippen molar-refractivity contribution in [3.05, 3.63) is 42.1 Å². The topological polar surface area (TPSA) is 115 Å². The maximum atomic E-state index is 12.6. The number of fused-ring (bicyclic) bond motifs is 1. The van der Waals surface area contributed by atoms with Gasteiger partial charge in [0.15, 0.2) is 12.3 Å². The van der Waals surface area contributed by atoms with Gasteiger partial charge in [0.2, 0.25) is 0 Å². The normalized spacial score (nSPS) is 13.5. The molecule has 0 saturated carbocycles. The van der Waals surface area contributed by atoms with Gasteiger partial charge in [-0.2, -0.15) is 5.10 Å². The van der Waals surface area contributed by atoms with E-state index in [1.807, 2.05) is 26.0 Å². The van der Waals surface area contributed by atoms with Gasteiger partial charge in [0, 0.05) is 30.6 Å². The molecule has 34 heavy (non-hydrogen) atoms. The molecule has 2 aromatic carbocycles. The molecule has 0 unspecified atom stereocenters. The average molecular weight is 469 g/mol. The van der Waals surface area contributed by atoms with Crippen LogP contribution in [0.5, 0.6) is 11.5 Å². The van der Waals surface area contributed by atoms with Crippen molar-refractivity contribution in [3.8, 4) is 11.5 Å². The molecule has 1 fully saturated rings. The van der Waals surface area contributed by atoms with Crippen LogP contribution in [0.15, 0.2) is 36.4 Å². The maximum absolute atomic E-state index is 12.6. The molecule has 0 aliphatic carbocycles. The summed E-state index contributed by atoms with van der Waals surface area (Å²) in [6.07, 6.45) is 0. The van der Waals surface area contributed by atoms with E-state index in [0.29, 0.717) is 54.5 Å². The number of nitrogens with one attached hydrogen (secondary N) is 2. The second-order valence-electron chi connectivity index (χ2n) is 7.52. The molecule has 180 valence electrons. The molecule has 1 amide bonds. The van der Waals surface area contributed by atoms with Crippen LogP contribution in [0.2, 0.25) is 0 Å². The van der Waals surface area contributed by atoms with E-state index < -0.39 is 18.5 Å². The number of nitrogens with zero attached hydrogens (tertiary/aromatic N) is 2. The molecule has 3 aromatic rings. The predicted octanol–water partition coefficient (Wildman–Crippen LogP) is 2.99. The number of carbonyl (C=O) groups excluding carboxylic acids is 2. The molecule has 10 heteroatoms. The Morgan fingerprint density at radius 1 is 1.09 bits per heavy atom. The van der Waals surface area contributed by atoms with Gasteiger partial charge in [0.25, 0.3) is 5.91 Å². The predicted molar refractivity (Wildman–Crippen MR) is 127 cm³/mol. The van der Waals surface area contributed by atoms with Gasteiger partial charge in [-0.1, -0.05) is 18.2 Å². The van der Waals surface area contributed by atoms with Crippen molar-refractivity contribution in [2.45, 2.75) is 13.8 Å². The number of hydrogen-bond donors (Lipinski definition) is 2. The third-order valence-corrected chi connectivity index (χ3v) is 5.28. The fourth-order valence-electron chi connectivity index (χ4n) is 3.75. The second kappa shape index (κ2) is 10.9. The smallest absolute Gasteiger partial charge is 0.359 e. The Kier molecular flexibility index (Phi) is 7.48. The number of rotatable bonds is 9. The number of H-pyrrole nitrogens is 1. The number of morpholine rings is 1. The Morgan fingerprint density at radius 3 is 2.59 bits per heavy atom. The SMILES string of the molecule is CCOc1cc(N2CCOCC2)c(OCC)cc1NC(=O)COC(=O)c1n[nH]c2ccccc12. The van der Waals surface area contributed by atoms with Crippen LogP contribution in [0.25, 0.3) is 10.9 Å². The maximum Gasteiger partial charge on any atom is 0.359 e. The molecule has 0 radical (unpaired) electrons. The summed E-state index contributed by atoms with van der Waals surface area (Å²) < 4.78 is 22.3. The van der Waals surface area contributed by atoms with Crippen LogP contribution < -0.4 is 19.7 Å². The summed E-state index contributed by atoms with van der Waals surface area (Å²) in [6.45, 7) is 6.90. The first-order chi connectivity index (χ1) is 16.6. The summed E-state index contributed by atoms with van der Waals surface area (Å²) in [4.78, 5) is 27.2. The lowest BCUT2D eigenvalue weighted by molar-refractivity contribution is -0.119. The van der Waals surface area contributed by atoms with Gasteiger partial charge in [-0.25, -0.2) is 4.79 Å². The molecule has 4 rings (SSSR count). The summed E-state index contributed by atoms with van der Waals surface area (Å²) in [7, 11) is 0. The molecule has 1 aromatic heterocycles. The molecule has 2 N–H and O–H groups in total. The molecule has 0 spiro atoms. The number of ether oxygens (including phenoxy) is 4. The Labute approximate surface area is 197 Å². The van der Waals surface area contributed by atoms with E-state index in [9.17, 15) is 9.59 Å². The van der Waals surface area contributed by atoms with E-state index in [1.54, 1.807) is 24.3 Å². The number of anilines is 2. The van der Waals surface area contributed by atoms with Crippen molar-refractivity contribution in [1.82, 2.24) is 10.2 Å². The van der Waals surface area contributed by atoms with E-state index >= 15 is 0 Å². The standard InChI is InChI=1S/C24H28N4O6/c1-3-32-20-14-19(28-9-11-31-12-10-28)21(33-4-2)13-18(20)25-22(29)15-34-24(30)23-16-7-5-6-8-17(16)26-27-23/h5-8,13-14H,3-4,9-12,15H2,1-2H3,(H,25,29)(H,26,27). The Bertz CT molecular complexity index is 1160. The van der Waals surface area contributed by atoms with Crippen molar-refractivity contribution in [1.29, 1.82) is 0 Å². The van der Waals surface area contributed by atoms with Gasteiger partial charge in [0.05, 0.1) is 43.3 Å². The Morgan fingerprint density at radius 2 is 1.82 bits per heavy atom. The Balaban J connectivity index is 1.48. The van der Waals surface area contributed by atoms with E-state index in [1.165, 1.54) is 0 Å².